The van der Waals surface area contributed by atoms with Gasteiger partial charge in [0.2, 0.25) is 0 Å². The van der Waals surface area contributed by atoms with Crippen LogP contribution in [0, 0.1) is 6.92 Å². The summed E-state index contributed by atoms with van der Waals surface area (Å²) < 4.78 is 0. The molecule has 2 aliphatic heterocycles. The molecule has 0 bridgehead atoms. The first kappa shape index (κ1) is 18.5. The molecule has 0 radical (unpaired) electrons. The Morgan fingerprint density at radius 1 is 1.04 bits per heavy atom. The van der Waals surface area contributed by atoms with Crippen molar-refractivity contribution < 1.29 is 4.79 Å². The van der Waals surface area contributed by atoms with Crippen molar-refractivity contribution in [3.8, 4) is 0 Å². The molecule has 1 fully saturated rings. The van der Waals surface area contributed by atoms with E-state index in [0.717, 1.165) is 35.6 Å². The maximum Gasteiger partial charge on any atom is 0.258 e. The lowest BCUT2D eigenvalue weighted by Gasteiger charge is -2.26. The van der Waals surface area contributed by atoms with Gasteiger partial charge in [0, 0.05) is 16.8 Å². The highest BCUT2D eigenvalue weighted by molar-refractivity contribution is 7.10. The quantitative estimate of drug-likeness (QED) is 0.649. The zero-order chi connectivity index (χ0) is 18.6. The van der Waals surface area contributed by atoms with Crippen LogP contribution in [-0.4, -0.2) is 37.0 Å². The zero-order valence-electron chi connectivity index (χ0n) is 16.2. The molecule has 2 aliphatic rings. The summed E-state index contributed by atoms with van der Waals surface area (Å²) in [6.45, 7) is 6.93. The molecule has 4 rings (SSSR count). The van der Waals surface area contributed by atoms with Gasteiger partial charge in [-0.05, 0) is 64.4 Å². The van der Waals surface area contributed by atoms with E-state index in [4.69, 9.17) is 0 Å². The second-order valence-electron chi connectivity index (χ2n) is 7.64. The Balaban J connectivity index is 1.41. The summed E-state index contributed by atoms with van der Waals surface area (Å²) in [5.74, 6) is 0.00918. The van der Waals surface area contributed by atoms with Crippen LogP contribution in [0.5, 0.6) is 0 Å². The molecule has 0 atom stereocenters. The largest absolute Gasteiger partial charge is 0.338 e. The lowest BCUT2D eigenvalue weighted by Crippen LogP contribution is -2.21. The van der Waals surface area contributed by atoms with E-state index in [-0.39, 0.29) is 5.91 Å². The summed E-state index contributed by atoms with van der Waals surface area (Å²) in [6.07, 6.45) is 7.74. The van der Waals surface area contributed by atoms with Crippen LogP contribution in [0.2, 0.25) is 0 Å². The van der Waals surface area contributed by atoms with E-state index in [1.54, 1.807) is 11.3 Å². The topological polar surface area (TPSA) is 35.6 Å². The normalized spacial score (nSPS) is 16.8. The van der Waals surface area contributed by atoms with Crippen molar-refractivity contribution in [3.63, 3.8) is 0 Å². The van der Waals surface area contributed by atoms with Gasteiger partial charge in [-0.1, -0.05) is 25.0 Å². The monoisotopic (exact) mass is 383 g/mol. The third-order valence-corrected chi connectivity index (χ3v) is 6.60. The van der Waals surface area contributed by atoms with Gasteiger partial charge >= 0.3 is 0 Å². The molecule has 1 N–H and O–H groups in total. The molecule has 0 saturated carbocycles. The second-order valence-corrected chi connectivity index (χ2v) is 8.72. The van der Waals surface area contributed by atoms with Crippen LogP contribution in [0.25, 0.3) is 0 Å². The zero-order valence-corrected chi connectivity index (χ0v) is 17.0. The predicted octanol–water partition coefficient (Wildman–Crippen LogP) is 5.42. The van der Waals surface area contributed by atoms with E-state index < -0.39 is 0 Å². The van der Waals surface area contributed by atoms with Gasteiger partial charge in [0.1, 0.15) is 0 Å². The van der Waals surface area contributed by atoms with Crippen LogP contribution in [-0.2, 0) is 0 Å². The van der Waals surface area contributed by atoms with Crippen LogP contribution in [0.15, 0.2) is 29.6 Å². The smallest absolute Gasteiger partial charge is 0.258 e. The van der Waals surface area contributed by atoms with Gasteiger partial charge in [0.05, 0.1) is 22.6 Å². The first-order valence-electron chi connectivity index (χ1n) is 10.2. The lowest BCUT2D eigenvalue weighted by molar-refractivity contribution is 0.102. The number of fused-ring (bicyclic) bond motifs is 2. The molecule has 27 heavy (non-hydrogen) atoms. The number of unbranched alkanes of at least 4 members (excludes halogenated alkanes) is 3. The summed E-state index contributed by atoms with van der Waals surface area (Å²) in [5, 5.41) is 5.08. The summed E-state index contributed by atoms with van der Waals surface area (Å²) in [7, 11) is 0. The molecule has 0 unspecified atom stereocenters. The number of rotatable bonds is 7. The summed E-state index contributed by atoms with van der Waals surface area (Å²) >= 11 is 1.67. The van der Waals surface area contributed by atoms with E-state index >= 15 is 0 Å². The number of carbonyl (C=O) groups is 1. The van der Waals surface area contributed by atoms with Crippen molar-refractivity contribution in [1.29, 1.82) is 0 Å². The minimum Gasteiger partial charge on any atom is -0.338 e. The number of nitrogens with one attached hydrogen (secondary N) is 1. The number of carbonyl (C=O) groups excluding carboxylic acids is 1. The van der Waals surface area contributed by atoms with Crippen molar-refractivity contribution in [2.24, 2.45) is 0 Å². The number of likely N-dealkylation sites (tertiary alicyclic amines) is 1. The summed E-state index contributed by atoms with van der Waals surface area (Å²) in [5.41, 5.74) is 3.93. The lowest BCUT2D eigenvalue weighted by atomic mass is 10.1. The number of hydrogen-bond donors (Lipinski definition) is 1. The molecule has 3 heterocycles. The molecule has 4 nitrogen and oxygen atoms in total. The molecule has 1 aromatic heterocycles. The Labute approximate surface area is 166 Å². The Hall–Kier alpha value is -1.85. The fourth-order valence-electron chi connectivity index (χ4n) is 4.27. The van der Waals surface area contributed by atoms with Crippen LogP contribution < -0.4 is 10.2 Å². The molecule has 0 aliphatic carbocycles. The Bertz CT molecular complexity index is 795. The number of benzene rings is 1. The molecule has 2 aromatic rings. The van der Waals surface area contributed by atoms with Gasteiger partial charge in [-0.25, -0.2) is 0 Å². The number of aryl methyl sites for hydroxylation is 1. The molecule has 0 spiro atoms. The third kappa shape index (κ3) is 4.04. The van der Waals surface area contributed by atoms with E-state index in [0.29, 0.717) is 0 Å². The SMILES string of the molecule is Cc1scc2c1N(CCCCCCN1CCCC1)c1ccccc1NC2=O. The molecular weight excluding hydrogens is 354 g/mol. The molecule has 1 aromatic carbocycles. The first-order chi connectivity index (χ1) is 13.2. The van der Waals surface area contributed by atoms with Crippen molar-refractivity contribution in [2.45, 2.75) is 45.4 Å². The van der Waals surface area contributed by atoms with Crippen molar-refractivity contribution in [2.75, 3.05) is 36.4 Å². The molecular formula is C22H29N3OS. The number of thiophene rings is 1. The van der Waals surface area contributed by atoms with Gasteiger partial charge in [-0.2, -0.15) is 0 Å². The second kappa shape index (κ2) is 8.44. The Morgan fingerprint density at radius 3 is 2.59 bits per heavy atom. The number of anilines is 3. The third-order valence-electron chi connectivity index (χ3n) is 5.70. The maximum absolute atomic E-state index is 12.6. The molecule has 1 amide bonds. The highest BCUT2D eigenvalue weighted by Gasteiger charge is 2.27. The number of hydrogen-bond acceptors (Lipinski definition) is 4. The fraction of sp³-hybridized carbons (Fsp3) is 0.500. The molecule has 144 valence electrons. The van der Waals surface area contributed by atoms with Gasteiger partial charge in [0.25, 0.3) is 5.91 Å². The van der Waals surface area contributed by atoms with Crippen molar-refractivity contribution >= 4 is 34.3 Å². The summed E-state index contributed by atoms with van der Waals surface area (Å²) in [4.78, 5) is 18.8. The standard InChI is InChI=1S/C22H29N3OS/c1-17-21-18(16-27-17)22(26)23-19-10-4-5-11-20(19)25(21)15-7-3-2-6-12-24-13-8-9-14-24/h4-5,10-11,16H,2-3,6-9,12-15H2,1H3,(H,23,26). The van der Waals surface area contributed by atoms with Gasteiger partial charge in [-0.3, -0.25) is 4.79 Å². The first-order valence-corrected chi connectivity index (χ1v) is 11.1. The minimum atomic E-state index is 0.00918. The van der Waals surface area contributed by atoms with Crippen molar-refractivity contribution in [3.05, 3.63) is 40.1 Å². The van der Waals surface area contributed by atoms with E-state index in [9.17, 15) is 4.79 Å². The highest BCUT2D eigenvalue weighted by atomic mass is 32.1. The highest BCUT2D eigenvalue weighted by Crippen LogP contribution is 2.42. The number of amides is 1. The number of nitrogens with zero attached hydrogens (tertiary/aromatic N) is 2. The van der Waals surface area contributed by atoms with Gasteiger partial charge in [-0.15, -0.1) is 11.3 Å². The van der Waals surface area contributed by atoms with Crippen LogP contribution in [0.1, 0.15) is 53.8 Å². The van der Waals surface area contributed by atoms with Gasteiger partial charge in [0.15, 0.2) is 0 Å². The summed E-state index contributed by atoms with van der Waals surface area (Å²) in [6, 6.07) is 8.16. The Morgan fingerprint density at radius 2 is 1.78 bits per heavy atom. The maximum atomic E-state index is 12.6. The average Bonchev–Trinajstić information content (AvgIpc) is 3.29. The van der Waals surface area contributed by atoms with Crippen molar-refractivity contribution in [1.82, 2.24) is 4.90 Å². The molecule has 5 heteroatoms. The van der Waals surface area contributed by atoms with Crippen LogP contribution in [0.3, 0.4) is 0 Å². The minimum absolute atomic E-state index is 0.00918. The Kier molecular flexibility index (Phi) is 5.79. The van der Waals surface area contributed by atoms with E-state index in [2.05, 4.69) is 34.2 Å². The van der Waals surface area contributed by atoms with E-state index in [1.807, 2.05) is 17.5 Å². The number of para-hydroxylation sites is 2. The van der Waals surface area contributed by atoms with Crippen LogP contribution >= 0.6 is 11.3 Å². The van der Waals surface area contributed by atoms with Gasteiger partial charge < -0.3 is 15.1 Å². The average molecular weight is 384 g/mol. The van der Waals surface area contributed by atoms with E-state index in [1.165, 1.54) is 56.6 Å². The van der Waals surface area contributed by atoms with Crippen LogP contribution in [0.4, 0.5) is 17.1 Å². The predicted molar refractivity (Wildman–Crippen MR) is 115 cm³/mol. The fourth-order valence-corrected chi connectivity index (χ4v) is 5.11. The molecule has 1 saturated heterocycles.